The van der Waals surface area contributed by atoms with Crippen molar-refractivity contribution >= 4 is 27.5 Å². The Morgan fingerprint density at radius 1 is 1.10 bits per heavy atom. The first kappa shape index (κ1) is 15.7. The van der Waals surface area contributed by atoms with E-state index in [1.165, 1.54) is 4.90 Å². The van der Waals surface area contributed by atoms with Crippen molar-refractivity contribution in [2.24, 2.45) is 0 Å². The van der Waals surface area contributed by atoms with E-state index in [0.29, 0.717) is 11.3 Å². The second-order valence-electron chi connectivity index (χ2n) is 5.13. The second kappa shape index (κ2) is 6.39. The van der Waals surface area contributed by atoms with E-state index in [4.69, 9.17) is 0 Å². The SMILES string of the molecule is Cc1ccc(C(F)C(=O)N(C)c2ccc(C)cc2Br)cc1. The Morgan fingerprint density at radius 2 is 1.67 bits per heavy atom. The Hall–Kier alpha value is -1.68. The molecule has 0 N–H and O–H groups in total. The molecule has 2 rings (SSSR count). The summed E-state index contributed by atoms with van der Waals surface area (Å²) in [7, 11) is 1.58. The summed E-state index contributed by atoms with van der Waals surface area (Å²) < 4.78 is 15.2. The number of carbonyl (C=O) groups is 1. The van der Waals surface area contributed by atoms with Gasteiger partial charge >= 0.3 is 0 Å². The lowest BCUT2D eigenvalue weighted by Gasteiger charge is -2.21. The number of hydrogen-bond acceptors (Lipinski definition) is 1. The minimum atomic E-state index is -1.66. The van der Waals surface area contributed by atoms with Crippen LogP contribution in [0.4, 0.5) is 10.1 Å². The number of nitrogens with zero attached hydrogens (tertiary/aromatic N) is 1. The fraction of sp³-hybridized carbons (Fsp3) is 0.235. The van der Waals surface area contributed by atoms with Gasteiger partial charge in [0.1, 0.15) is 0 Å². The Morgan fingerprint density at radius 3 is 2.24 bits per heavy atom. The fourth-order valence-corrected chi connectivity index (χ4v) is 2.81. The van der Waals surface area contributed by atoms with Gasteiger partial charge in [-0.25, -0.2) is 4.39 Å². The molecule has 0 aliphatic carbocycles. The van der Waals surface area contributed by atoms with E-state index in [0.717, 1.165) is 15.6 Å². The van der Waals surface area contributed by atoms with Gasteiger partial charge in [-0.3, -0.25) is 4.79 Å². The Labute approximate surface area is 132 Å². The highest BCUT2D eigenvalue weighted by Crippen LogP contribution is 2.29. The molecule has 110 valence electrons. The van der Waals surface area contributed by atoms with Gasteiger partial charge in [0, 0.05) is 11.5 Å². The molecule has 1 amide bonds. The van der Waals surface area contributed by atoms with E-state index < -0.39 is 12.1 Å². The molecule has 0 bridgehead atoms. The standard InChI is InChI=1S/C17H17BrFNO/c1-11-4-7-13(8-5-11)16(19)17(21)20(3)15-9-6-12(2)10-14(15)18/h4-10,16H,1-3H3. The highest BCUT2D eigenvalue weighted by atomic mass is 79.9. The van der Waals surface area contributed by atoms with E-state index >= 15 is 0 Å². The predicted octanol–water partition coefficient (Wildman–Crippen LogP) is 4.74. The summed E-state index contributed by atoms with van der Waals surface area (Å²) in [6.07, 6.45) is -1.66. The third-order valence-corrected chi connectivity index (χ3v) is 4.02. The van der Waals surface area contributed by atoms with Gasteiger partial charge < -0.3 is 4.90 Å². The van der Waals surface area contributed by atoms with Crippen LogP contribution >= 0.6 is 15.9 Å². The monoisotopic (exact) mass is 349 g/mol. The summed E-state index contributed by atoms with van der Waals surface area (Å²) >= 11 is 3.41. The zero-order valence-electron chi connectivity index (χ0n) is 12.2. The first-order valence-corrected chi connectivity index (χ1v) is 7.44. The summed E-state index contributed by atoms with van der Waals surface area (Å²) in [5.41, 5.74) is 3.14. The number of benzene rings is 2. The minimum Gasteiger partial charge on any atom is -0.312 e. The quantitative estimate of drug-likeness (QED) is 0.783. The lowest BCUT2D eigenvalue weighted by atomic mass is 10.1. The second-order valence-corrected chi connectivity index (χ2v) is 5.98. The summed E-state index contributed by atoms with van der Waals surface area (Å²) in [6, 6.07) is 12.5. The third kappa shape index (κ3) is 3.50. The van der Waals surface area contributed by atoms with E-state index in [9.17, 15) is 9.18 Å². The summed E-state index contributed by atoms with van der Waals surface area (Å²) in [5.74, 6) is -0.580. The maximum atomic E-state index is 14.4. The maximum Gasteiger partial charge on any atom is 0.265 e. The van der Waals surface area contributed by atoms with Crippen molar-refractivity contribution < 1.29 is 9.18 Å². The molecule has 1 unspecified atom stereocenters. The zero-order chi connectivity index (χ0) is 15.6. The van der Waals surface area contributed by atoms with Crippen LogP contribution in [0.15, 0.2) is 46.9 Å². The van der Waals surface area contributed by atoms with Crippen molar-refractivity contribution in [1.82, 2.24) is 0 Å². The van der Waals surface area contributed by atoms with Gasteiger partial charge in [-0.05, 0) is 53.0 Å². The Kier molecular flexibility index (Phi) is 4.78. The van der Waals surface area contributed by atoms with Crippen molar-refractivity contribution in [3.05, 3.63) is 63.6 Å². The molecular formula is C17H17BrFNO. The maximum absolute atomic E-state index is 14.4. The number of halogens is 2. The molecule has 2 aromatic carbocycles. The summed E-state index contributed by atoms with van der Waals surface area (Å²) in [6.45, 7) is 3.88. The van der Waals surface area contributed by atoms with Crippen molar-refractivity contribution in [3.63, 3.8) is 0 Å². The fourth-order valence-electron chi connectivity index (χ4n) is 2.05. The molecule has 2 aromatic rings. The van der Waals surface area contributed by atoms with Crippen LogP contribution in [-0.2, 0) is 4.79 Å². The molecule has 0 spiro atoms. The number of anilines is 1. The molecule has 0 radical (unpaired) electrons. The van der Waals surface area contributed by atoms with E-state index in [1.807, 2.05) is 26.0 Å². The zero-order valence-corrected chi connectivity index (χ0v) is 13.8. The molecule has 0 fully saturated rings. The topological polar surface area (TPSA) is 20.3 Å². The number of rotatable bonds is 3. The highest BCUT2D eigenvalue weighted by Gasteiger charge is 2.25. The lowest BCUT2D eigenvalue weighted by molar-refractivity contribution is -0.123. The molecule has 0 aliphatic heterocycles. The molecule has 4 heteroatoms. The van der Waals surface area contributed by atoms with Crippen LogP contribution in [-0.4, -0.2) is 13.0 Å². The highest BCUT2D eigenvalue weighted by molar-refractivity contribution is 9.10. The number of alkyl halides is 1. The normalized spacial score (nSPS) is 12.0. The summed E-state index contributed by atoms with van der Waals surface area (Å²) in [4.78, 5) is 13.6. The molecular weight excluding hydrogens is 333 g/mol. The van der Waals surface area contributed by atoms with Crippen LogP contribution < -0.4 is 4.90 Å². The number of carbonyl (C=O) groups excluding carboxylic acids is 1. The summed E-state index contributed by atoms with van der Waals surface area (Å²) in [5, 5.41) is 0. The molecule has 0 aromatic heterocycles. The Balaban J connectivity index is 2.24. The van der Waals surface area contributed by atoms with Gasteiger partial charge in [0.2, 0.25) is 6.17 Å². The lowest BCUT2D eigenvalue weighted by Crippen LogP contribution is -2.30. The number of amides is 1. The smallest absolute Gasteiger partial charge is 0.265 e. The van der Waals surface area contributed by atoms with Crippen LogP contribution in [0.25, 0.3) is 0 Å². The molecule has 21 heavy (non-hydrogen) atoms. The first-order chi connectivity index (χ1) is 9.90. The van der Waals surface area contributed by atoms with Crippen LogP contribution in [0.5, 0.6) is 0 Å². The number of aryl methyl sites for hydroxylation is 2. The number of hydrogen-bond donors (Lipinski definition) is 0. The van der Waals surface area contributed by atoms with Crippen LogP contribution in [0.1, 0.15) is 22.9 Å². The average Bonchev–Trinajstić information content (AvgIpc) is 2.46. The van der Waals surface area contributed by atoms with Crippen molar-refractivity contribution in [1.29, 1.82) is 0 Å². The van der Waals surface area contributed by atoms with Gasteiger partial charge in [-0.1, -0.05) is 35.9 Å². The van der Waals surface area contributed by atoms with Crippen molar-refractivity contribution in [2.45, 2.75) is 20.0 Å². The first-order valence-electron chi connectivity index (χ1n) is 6.64. The predicted molar refractivity (Wildman–Crippen MR) is 87.3 cm³/mol. The third-order valence-electron chi connectivity index (χ3n) is 3.38. The van der Waals surface area contributed by atoms with Gasteiger partial charge in [0.25, 0.3) is 5.91 Å². The molecule has 0 saturated carbocycles. The van der Waals surface area contributed by atoms with E-state index in [2.05, 4.69) is 15.9 Å². The van der Waals surface area contributed by atoms with E-state index in [1.54, 1.807) is 37.4 Å². The largest absolute Gasteiger partial charge is 0.312 e. The van der Waals surface area contributed by atoms with E-state index in [-0.39, 0.29) is 0 Å². The minimum absolute atomic E-state index is 0.376. The molecule has 0 heterocycles. The van der Waals surface area contributed by atoms with Crippen molar-refractivity contribution in [2.75, 3.05) is 11.9 Å². The molecule has 2 nitrogen and oxygen atoms in total. The molecule has 0 saturated heterocycles. The van der Waals surface area contributed by atoms with Gasteiger partial charge in [0.15, 0.2) is 0 Å². The van der Waals surface area contributed by atoms with Crippen molar-refractivity contribution in [3.8, 4) is 0 Å². The van der Waals surface area contributed by atoms with Crippen LogP contribution in [0.3, 0.4) is 0 Å². The molecule has 0 aliphatic rings. The Bertz CT molecular complexity index is 654. The number of likely N-dealkylation sites (N-methyl/N-ethyl adjacent to an activating group) is 1. The van der Waals surface area contributed by atoms with Gasteiger partial charge in [-0.2, -0.15) is 0 Å². The van der Waals surface area contributed by atoms with Gasteiger partial charge in [-0.15, -0.1) is 0 Å². The van der Waals surface area contributed by atoms with Crippen LogP contribution in [0, 0.1) is 13.8 Å². The van der Waals surface area contributed by atoms with Crippen LogP contribution in [0.2, 0.25) is 0 Å². The average molecular weight is 350 g/mol. The van der Waals surface area contributed by atoms with Gasteiger partial charge in [0.05, 0.1) is 5.69 Å². The molecule has 1 atom stereocenters.